The van der Waals surface area contributed by atoms with Gasteiger partial charge in [-0.3, -0.25) is 14.8 Å². The Morgan fingerprint density at radius 3 is 3.04 bits per heavy atom. The number of hydrogen-bond acceptors (Lipinski definition) is 6. The second kappa shape index (κ2) is 6.98. The van der Waals surface area contributed by atoms with Crippen LogP contribution in [0.4, 0.5) is 0 Å². The third-order valence-electron chi connectivity index (χ3n) is 4.52. The van der Waals surface area contributed by atoms with E-state index < -0.39 is 9.84 Å². The van der Waals surface area contributed by atoms with Crippen molar-refractivity contribution in [2.75, 3.05) is 44.2 Å². The maximum atomic E-state index is 12.2. The van der Waals surface area contributed by atoms with Crippen LogP contribution in [0.3, 0.4) is 0 Å². The van der Waals surface area contributed by atoms with Crippen LogP contribution in [0.1, 0.15) is 18.0 Å². The van der Waals surface area contributed by atoms with Crippen molar-refractivity contribution in [3.8, 4) is 0 Å². The van der Waals surface area contributed by atoms with E-state index in [4.69, 9.17) is 0 Å². The van der Waals surface area contributed by atoms with Crippen molar-refractivity contribution in [1.29, 1.82) is 0 Å². The number of H-pyrrole nitrogens is 1. The Kier molecular flexibility index (Phi) is 4.98. The lowest BCUT2D eigenvalue weighted by Crippen LogP contribution is -2.49. The SMILES string of the molecule is O=C(CN1CCNCC1c1cn[nH]c1)NCC1CCS(=O)(=O)C1. The van der Waals surface area contributed by atoms with E-state index in [1.807, 2.05) is 6.20 Å². The highest BCUT2D eigenvalue weighted by Gasteiger charge is 2.29. The van der Waals surface area contributed by atoms with Crippen molar-refractivity contribution in [3.05, 3.63) is 18.0 Å². The largest absolute Gasteiger partial charge is 0.355 e. The van der Waals surface area contributed by atoms with Gasteiger partial charge in [-0.1, -0.05) is 0 Å². The maximum absolute atomic E-state index is 12.2. The van der Waals surface area contributed by atoms with Gasteiger partial charge in [-0.15, -0.1) is 0 Å². The quantitative estimate of drug-likeness (QED) is 0.628. The Morgan fingerprint density at radius 1 is 1.48 bits per heavy atom. The number of aromatic amines is 1. The van der Waals surface area contributed by atoms with Crippen molar-refractivity contribution < 1.29 is 13.2 Å². The molecule has 0 aliphatic carbocycles. The molecule has 2 unspecified atom stereocenters. The minimum absolute atomic E-state index is 0.0512. The van der Waals surface area contributed by atoms with Crippen LogP contribution < -0.4 is 10.6 Å². The van der Waals surface area contributed by atoms with Gasteiger partial charge in [-0.05, 0) is 12.3 Å². The number of aromatic nitrogens is 2. The number of hydrogen-bond donors (Lipinski definition) is 3. The highest BCUT2D eigenvalue weighted by Crippen LogP contribution is 2.21. The van der Waals surface area contributed by atoms with E-state index in [2.05, 4.69) is 25.7 Å². The molecule has 1 aromatic rings. The molecule has 0 saturated carbocycles. The van der Waals surface area contributed by atoms with Crippen LogP contribution >= 0.6 is 0 Å². The summed E-state index contributed by atoms with van der Waals surface area (Å²) >= 11 is 0. The van der Waals surface area contributed by atoms with Crippen LogP contribution in [-0.4, -0.2) is 73.7 Å². The van der Waals surface area contributed by atoms with Crippen molar-refractivity contribution in [2.24, 2.45) is 5.92 Å². The highest BCUT2D eigenvalue weighted by atomic mass is 32.2. The summed E-state index contributed by atoms with van der Waals surface area (Å²) in [4.78, 5) is 14.3. The van der Waals surface area contributed by atoms with E-state index in [0.29, 0.717) is 19.5 Å². The van der Waals surface area contributed by atoms with E-state index >= 15 is 0 Å². The Bertz CT molecular complexity index is 631. The molecular weight excluding hydrogens is 318 g/mol. The minimum atomic E-state index is -2.89. The molecule has 0 spiro atoms. The Labute approximate surface area is 135 Å². The van der Waals surface area contributed by atoms with Gasteiger partial charge in [0.1, 0.15) is 0 Å². The van der Waals surface area contributed by atoms with Gasteiger partial charge in [0, 0.05) is 37.9 Å². The molecule has 2 aliphatic rings. The Hall–Kier alpha value is -1.45. The number of amides is 1. The molecule has 2 atom stereocenters. The van der Waals surface area contributed by atoms with E-state index in [1.54, 1.807) is 6.20 Å². The van der Waals surface area contributed by atoms with Gasteiger partial charge in [-0.2, -0.15) is 5.10 Å². The molecule has 3 rings (SSSR count). The topological polar surface area (TPSA) is 107 Å². The summed E-state index contributed by atoms with van der Waals surface area (Å²) in [5.41, 5.74) is 1.06. The zero-order chi connectivity index (χ0) is 16.3. The van der Waals surface area contributed by atoms with Gasteiger partial charge in [0.25, 0.3) is 0 Å². The third kappa shape index (κ3) is 4.30. The second-order valence-electron chi connectivity index (χ2n) is 6.30. The van der Waals surface area contributed by atoms with Crippen LogP contribution in [0, 0.1) is 5.92 Å². The molecule has 2 saturated heterocycles. The number of carbonyl (C=O) groups excluding carboxylic acids is 1. The summed E-state index contributed by atoms with van der Waals surface area (Å²) in [5, 5.41) is 13.0. The van der Waals surface area contributed by atoms with Gasteiger partial charge in [-0.25, -0.2) is 8.42 Å². The van der Waals surface area contributed by atoms with Crippen molar-refractivity contribution >= 4 is 15.7 Å². The van der Waals surface area contributed by atoms with Gasteiger partial charge >= 0.3 is 0 Å². The monoisotopic (exact) mass is 341 g/mol. The Balaban J connectivity index is 1.50. The smallest absolute Gasteiger partial charge is 0.234 e. The zero-order valence-corrected chi connectivity index (χ0v) is 13.8. The molecule has 3 N–H and O–H groups in total. The summed E-state index contributed by atoms with van der Waals surface area (Å²) in [7, 11) is -2.89. The lowest BCUT2D eigenvalue weighted by atomic mass is 10.1. The van der Waals surface area contributed by atoms with E-state index in [1.165, 1.54) is 0 Å². The minimum Gasteiger partial charge on any atom is -0.355 e. The van der Waals surface area contributed by atoms with Gasteiger partial charge < -0.3 is 10.6 Å². The van der Waals surface area contributed by atoms with Crippen molar-refractivity contribution in [2.45, 2.75) is 12.5 Å². The van der Waals surface area contributed by atoms with E-state index in [9.17, 15) is 13.2 Å². The molecule has 1 aromatic heterocycles. The average Bonchev–Trinajstić information content (AvgIpc) is 3.15. The average molecular weight is 341 g/mol. The first-order valence-electron chi connectivity index (χ1n) is 7.94. The lowest BCUT2D eigenvalue weighted by Gasteiger charge is -2.35. The number of nitrogens with one attached hydrogen (secondary N) is 3. The molecule has 0 radical (unpaired) electrons. The van der Waals surface area contributed by atoms with Gasteiger partial charge in [0.05, 0.1) is 30.3 Å². The highest BCUT2D eigenvalue weighted by molar-refractivity contribution is 7.91. The van der Waals surface area contributed by atoms with Crippen LogP contribution in [0.5, 0.6) is 0 Å². The first kappa shape index (κ1) is 16.4. The predicted octanol–water partition coefficient (Wildman–Crippen LogP) is -1.09. The fourth-order valence-electron chi connectivity index (χ4n) is 3.24. The fraction of sp³-hybridized carbons (Fsp3) is 0.714. The predicted molar refractivity (Wildman–Crippen MR) is 85.5 cm³/mol. The molecule has 0 bridgehead atoms. The third-order valence-corrected chi connectivity index (χ3v) is 6.36. The van der Waals surface area contributed by atoms with Crippen LogP contribution in [0.2, 0.25) is 0 Å². The van der Waals surface area contributed by atoms with Gasteiger partial charge in [0.15, 0.2) is 9.84 Å². The standard InChI is InChI=1S/C14H23N5O3S/c20-14(16-5-11-1-4-23(21,22)10-11)9-19-3-2-15-8-13(19)12-6-17-18-7-12/h6-7,11,13,15H,1-5,8-10H2,(H,16,20)(H,17,18). The molecule has 1 amide bonds. The molecule has 0 aromatic carbocycles. The van der Waals surface area contributed by atoms with Crippen molar-refractivity contribution in [1.82, 2.24) is 25.7 Å². The molecule has 128 valence electrons. The lowest BCUT2D eigenvalue weighted by molar-refractivity contribution is -0.123. The number of sulfone groups is 1. The molecule has 23 heavy (non-hydrogen) atoms. The first-order valence-corrected chi connectivity index (χ1v) is 9.76. The summed E-state index contributed by atoms with van der Waals surface area (Å²) < 4.78 is 22.9. The van der Waals surface area contributed by atoms with E-state index in [0.717, 1.165) is 25.2 Å². The normalized spacial score (nSPS) is 27.8. The first-order chi connectivity index (χ1) is 11.0. The number of rotatable bonds is 5. The summed E-state index contributed by atoms with van der Waals surface area (Å²) in [6.07, 6.45) is 4.28. The fourth-order valence-corrected chi connectivity index (χ4v) is 5.10. The van der Waals surface area contributed by atoms with Gasteiger partial charge in [0.2, 0.25) is 5.91 Å². The van der Waals surface area contributed by atoms with E-state index in [-0.39, 0.29) is 29.4 Å². The number of piperazine rings is 1. The van der Waals surface area contributed by atoms with Crippen LogP contribution in [0.25, 0.3) is 0 Å². The Morgan fingerprint density at radius 2 is 2.35 bits per heavy atom. The number of carbonyl (C=O) groups is 1. The zero-order valence-electron chi connectivity index (χ0n) is 13.0. The molecule has 9 heteroatoms. The molecule has 2 aliphatic heterocycles. The molecule has 2 fully saturated rings. The molecule has 3 heterocycles. The summed E-state index contributed by atoms with van der Waals surface area (Å²) in [5.74, 6) is 0.438. The van der Waals surface area contributed by atoms with Crippen molar-refractivity contribution in [3.63, 3.8) is 0 Å². The number of nitrogens with zero attached hydrogens (tertiary/aromatic N) is 2. The van der Waals surface area contributed by atoms with Crippen LogP contribution in [-0.2, 0) is 14.6 Å². The molecular formula is C14H23N5O3S. The summed E-state index contributed by atoms with van der Waals surface area (Å²) in [6, 6.07) is 0.125. The second-order valence-corrected chi connectivity index (χ2v) is 8.52. The van der Waals surface area contributed by atoms with Crippen LogP contribution in [0.15, 0.2) is 12.4 Å². The maximum Gasteiger partial charge on any atom is 0.234 e. The molecule has 8 nitrogen and oxygen atoms in total. The summed E-state index contributed by atoms with van der Waals surface area (Å²) in [6.45, 7) is 3.19.